The molecule has 7 rings (SSSR count). The van der Waals surface area contributed by atoms with Crippen molar-refractivity contribution in [2.75, 3.05) is 44.2 Å². The third-order valence-corrected chi connectivity index (χ3v) is 10.8. The number of carbonyl (C=O) groups is 2. The molecule has 6 atom stereocenters. The first-order valence-electron chi connectivity index (χ1n) is 13.8. The second kappa shape index (κ2) is 8.84. The Labute approximate surface area is 211 Å². The van der Waals surface area contributed by atoms with Gasteiger partial charge in [0, 0.05) is 44.7 Å². The van der Waals surface area contributed by atoms with Crippen LogP contribution in [0.25, 0.3) is 10.1 Å². The first-order valence-corrected chi connectivity index (χ1v) is 14.6. The summed E-state index contributed by atoms with van der Waals surface area (Å²) in [6, 6.07) is 8.54. The van der Waals surface area contributed by atoms with Gasteiger partial charge in [-0.15, -0.1) is 0 Å². The number of imide groups is 1. The van der Waals surface area contributed by atoms with E-state index < -0.39 is 0 Å². The van der Waals surface area contributed by atoms with Gasteiger partial charge in [-0.05, 0) is 79.4 Å². The third kappa shape index (κ3) is 3.72. The zero-order valence-electron chi connectivity index (χ0n) is 20.5. The Bertz CT molecular complexity index is 1100. The highest BCUT2D eigenvalue weighted by Gasteiger charge is 2.61. The zero-order chi connectivity index (χ0) is 23.5. The fourth-order valence-electron chi connectivity index (χ4n) is 8.22. The maximum Gasteiger partial charge on any atom is 0.233 e. The fourth-order valence-corrected chi connectivity index (χ4v) is 9.02. The van der Waals surface area contributed by atoms with E-state index in [1.165, 1.54) is 29.3 Å². The van der Waals surface area contributed by atoms with E-state index in [1.54, 1.807) is 16.4 Å². The van der Waals surface area contributed by atoms with Gasteiger partial charge in [0.05, 0.1) is 16.5 Å². The molecule has 0 N–H and O–H groups in total. The van der Waals surface area contributed by atoms with Crippen LogP contribution in [0.1, 0.15) is 44.9 Å². The lowest BCUT2D eigenvalue weighted by atomic mass is 9.78. The molecule has 0 spiro atoms. The molecule has 6 nitrogen and oxygen atoms in total. The lowest BCUT2D eigenvalue weighted by Gasteiger charge is -2.40. The highest BCUT2D eigenvalue weighted by atomic mass is 32.1. The van der Waals surface area contributed by atoms with Crippen molar-refractivity contribution < 1.29 is 9.59 Å². The van der Waals surface area contributed by atoms with Crippen LogP contribution in [0.2, 0.25) is 0 Å². The molecule has 3 saturated carbocycles. The van der Waals surface area contributed by atoms with Crippen LogP contribution in [0.3, 0.4) is 0 Å². The predicted octanol–water partition coefficient (Wildman–Crippen LogP) is 4.26. The lowest BCUT2D eigenvalue weighted by Crippen LogP contribution is -2.49. The minimum atomic E-state index is 0.0261. The monoisotopic (exact) mass is 492 g/mol. The number of benzene rings is 1. The van der Waals surface area contributed by atoms with Gasteiger partial charge in [0.15, 0.2) is 0 Å². The number of carbonyl (C=O) groups excluding carboxylic acids is 2. The van der Waals surface area contributed by atoms with Gasteiger partial charge in [-0.1, -0.05) is 25.0 Å². The maximum atomic E-state index is 13.3. The maximum absolute atomic E-state index is 13.3. The average molecular weight is 493 g/mol. The van der Waals surface area contributed by atoms with Gasteiger partial charge in [-0.2, -0.15) is 4.37 Å². The number of hydrogen-bond donors (Lipinski definition) is 0. The number of piperazine rings is 1. The standard InChI is InChI=1S/C28H36N4O2S/c33-27-24-18-9-10-19(15-18)25(24)28(34)32(27)17-21-6-2-1-5-20(21)16-30-11-13-31(14-12-30)26-22-7-3-4-8-23(22)35-29-26/h3-4,7-8,18-21,24-25H,1-2,5-6,9-17H2/t18-,19+,20-,21+,24-,25-/m1/s1. The summed E-state index contributed by atoms with van der Waals surface area (Å²) in [5.74, 6) is 3.59. The second-order valence-corrected chi connectivity index (χ2v) is 12.6. The quantitative estimate of drug-likeness (QED) is 0.584. The van der Waals surface area contributed by atoms with E-state index in [-0.39, 0.29) is 23.7 Å². The van der Waals surface area contributed by atoms with Crippen molar-refractivity contribution in [1.82, 2.24) is 14.2 Å². The largest absolute Gasteiger partial charge is 0.353 e. The Morgan fingerprint density at radius 1 is 0.829 bits per heavy atom. The summed E-state index contributed by atoms with van der Waals surface area (Å²) in [6.45, 7) is 5.93. The van der Waals surface area contributed by atoms with Crippen LogP contribution in [-0.2, 0) is 9.59 Å². The summed E-state index contributed by atoms with van der Waals surface area (Å²) in [4.78, 5) is 33.4. The van der Waals surface area contributed by atoms with Crippen LogP contribution in [0, 0.1) is 35.5 Å². The SMILES string of the molecule is O=C1[C@@H]2[C@@H]3CC[C@@H](C3)[C@H]2C(=O)N1C[C@@H]1CCCC[C@@H]1CN1CCN(c2nsc3ccccc23)CC1. The first kappa shape index (κ1) is 22.2. The number of nitrogens with zero attached hydrogens (tertiary/aromatic N) is 4. The molecule has 35 heavy (non-hydrogen) atoms. The Kier molecular flexibility index (Phi) is 5.61. The van der Waals surface area contributed by atoms with Crippen molar-refractivity contribution >= 4 is 39.3 Å². The minimum Gasteiger partial charge on any atom is -0.353 e. The first-order chi connectivity index (χ1) is 17.2. The van der Waals surface area contributed by atoms with Crippen molar-refractivity contribution in [3.63, 3.8) is 0 Å². The molecular formula is C28H36N4O2S. The molecule has 5 fully saturated rings. The van der Waals surface area contributed by atoms with Crippen molar-refractivity contribution in [1.29, 1.82) is 0 Å². The van der Waals surface area contributed by atoms with Crippen LogP contribution in [0.5, 0.6) is 0 Å². The Morgan fingerprint density at radius 3 is 2.20 bits per heavy atom. The fraction of sp³-hybridized carbons (Fsp3) is 0.679. The molecule has 0 radical (unpaired) electrons. The third-order valence-electron chi connectivity index (χ3n) is 10.0. The Balaban J connectivity index is 0.986. The van der Waals surface area contributed by atoms with Crippen molar-refractivity contribution in [2.45, 2.75) is 44.9 Å². The molecule has 1 aromatic heterocycles. The number of fused-ring (bicyclic) bond motifs is 6. The number of aromatic nitrogens is 1. The van der Waals surface area contributed by atoms with Crippen LogP contribution in [0.4, 0.5) is 5.82 Å². The molecule has 2 amide bonds. The van der Waals surface area contributed by atoms with E-state index in [0.717, 1.165) is 64.2 Å². The van der Waals surface area contributed by atoms with Gasteiger partial charge in [-0.3, -0.25) is 19.4 Å². The lowest BCUT2D eigenvalue weighted by molar-refractivity contribution is -0.142. The molecule has 3 heterocycles. The van der Waals surface area contributed by atoms with E-state index in [1.807, 2.05) is 0 Å². The summed E-state index contributed by atoms with van der Waals surface area (Å²) in [6.07, 6.45) is 8.35. The van der Waals surface area contributed by atoms with Crippen molar-refractivity contribution in [3.05, 3.63) is 24.3 Å². The van der Waals surface area contributed by atoms with E-state index in [2.05, 4.69) is 34.1 Å². The molecule has 5 aliphatic rings. The smallest absolute Gasteiger partial charge is 0.233 e. The van der Waals surface area contributed by atoms with Crippen molar-refractivity contribution in [2.24, 2.45) is 35.5 Å². The van der Waals surface area contributed by atoms with Gasteiger partial charge in [-0.25, -0.2) is 0 Å². The Hall–Kier alpha value is -1.99. The highest BCUT2D eigenvalue weighted by Crippen LogP contribution is 2.56. The topological polar surface area (TPSA) is 56.8 Å². The van der Waals surface area contributed by atoms with E-state index in [0.29, 0.717) is 30.2 Å². The normalized spacial score (nSPS) is 35.4. The number of hydrogen-bond acceptors (Lipinski definition) is 6. The number of amides is 2. The summed E-state index contributed by atoms with van der Waals surface area (Å²) in [5.41, 5.74) is 0. The van der Waals surface area contributed by atoms with Gasteiger partial charge in [0.25, 0.3) is 0 Å². The summed E-state index contributed by atoms with van der Waals surface area (Å²) in [7, 11) is 0. The molecular weight excluding hydrogens is 456 g/mol. The van der Waals surface area contributed by atoms with E-state index >= 15 is 0 Å². The molecule has 7 heteroatoms. The van der Waals surface area contributed by atoms with Crippen LogP contribution in [0.15, 0.2) is 24.3 Å². The molecule has 2 aliphatic heterocycles. The average Bonchev–Trinajstić information content (AvgIpc) is 3.66. The van der Waals surface area contributed by atoms with Gasteiger partial charge >= 0.3 is 0 Å². The minimum absolute atomic E-state index is 0.0261. The molecule has 3 aliphatic carbocycles. The van der Waals surface area contributed by atoms with Gasteiger partial charge < -0.3 is 4.90 Å². The number of rotatable bonds is 5. The van der Waals surface area contributed by atoms with Crippen molar-refractivity contribution in [3.8, 4) is 0 Å². The number of likely N-dealkylation sites (tertiary alicyclic amines) is 1. The molecule has 2 aromatic rings. The summed E-state index contributed by atoms with van der Waals surface area (Å²) in [5, 5.41) is 1.27. The molecule has 2 bridgehead atoms. The van der Waals surface area contributed by atoms with Gasteiger partial charge in [0.1, 0.15) is 5.82 Å². The summed E-state index contributed by atoms with van der Waals surface area (Å²) < 4.78 is 6.02. The van der Waals surface area contributed by atoms with Crippen LogP contribution >= 0.6 is 11.5 Å². The number of anilines is 1. The van der Waals surface area contributed by atoms with E-state index in [4.69, 9.17) is 4.37 Å². The molecule has 0 unspecified atom stereocenters. The molecule has 186 valence electrons. The second-order valence-electron chi connectivity index (χ2n) is 11.8. The summed E-state index contributed by atoms with van der Waals surface area (Å²) >= 11 is 1.60. The molecule has 2 saturated heterocycles. The Morgan fingerprint density at radius 2 is 1.49 bits per heavy atom. The van der Waals surface area contributed by atoms with E-state index in [9.17, 15) is 9.59 Å². The van der Waals surface area contributed by atoms with Crippen LogP contribution < -0.4 is 4.90 Å². The van der Waals surface area contributed by atoms with Gasteiger partial charge in [0.2, 0.25) is 11.8 Å². The predicted molar refractivity (Wildman–Crippen MR) is 138 cm³/mol. The molecule has 1 aromatic carbocycles. The highest BCUT2D eigenvalue weighted by molar-refractivity contribution is 7.13. The van der Waals surface area contributed by atoms with Crippen LogP contribution in [-0.4, -0.2) is 65.3 Å². The zero-order valence-corrected chi connectivity index (χ0v) is 21.3.